The molecule has 0 aromatic carbocycles. The van der Waals surface area contributed by atoms with Gasteiger partial charge in [-0.15, -0.1) is 0 Å². The standard InChI is InChI=1S/C15H26O5/c1-15(2,3)20-13(16)9-12(14(17)18-4)10-19-8-7-11-5-6-11/h11-12H,5-10H2,1-4H3/t12-/m0/s1. The van der Waals surface area contributed by atoms with Gasteiger partial charge in [0.25, 0.3) is 0 Å². The highest BCUT2D eigenvalue weighted by Gasteiger charge is 2.27. The molecule has 116 valence electrons. The normalized spacial score (nSPS) is 16.6. The molecule has 0 unspecified atom stereocenters. The number of esters is 2. The molecule has 0 aliphatic heterocycles. The molecule has 1 rings (SSSR count). The van der Waals surface area contributed by atoms with E-state index in [-0.39, 0.29) is 13.0 Å². The molecule has 0 N–H and O–H groups in total. The number of carbonyl (C=O) groups excluding carboxylic acids is 2. The van der Waals surface area contributed by atoms with E-state index >= 15 is 0 Å². The van der Waals surface area contributed by atoms with Crippen molar-refractivity contribution in [3.63, 3.8) is 0 Å². The fourth-order valence-corrected chi connectivity index (χ4v) is 1.84. The third-order valence-corrected chi connectivity index (χ3v) is 3.05. The number of carbonyl (C=O) groups is 2. The van der Waals surface area contributed by atoms with Gasteiger partial charge in [-0.2, -0.15) is 0 Å². The Balaban J connectivity index is 2.33. The molecule has 1 atom stereocenters. The molecular weight excluding hydrogens is 260 g/mol. The van der Waals surface area contributed by atoms with Crippen LogP contribution in [0.3, 0.4) is 0 Å². The van der Waals surface area contributed by atoms with Crippen LogP contribution < -0.4 is 0 Å². The maximum Gasteiger partial charge on any atom is 0.311 e. The van der Waals surface area contributed by atoms with Crippen molar-refractivity contribution >= 4 is 11.9 Å². The Hall–Kier alpha value is -1.10. The monoisotopic (exact) mass is 286 g/mol. The molecule has 0 aromatic rings. The summed E-state index contributed by atoms with van der Waals surface area (Å²) in [7, 11) is 1.31. The molecule has 1 aliphatic rings. The predicted molar refractivity (Wildman–Crippen MR) is 74.1 cm³/mol. The SMILES string of the molecule is COC(=O)[C@H](COCCC1CC1)CC(=O)OC(C)(C)C. The van der Waals surface area contributed by atoms with Crippen molar-refractivity contribution in [3.8, 4) is 0 Å². The zero-order chi connectivity index (χ0) is 15.2. The first kappa shape index (κ1) is 17.0. The molecule has 1 saturated carbocycles. The molecule has 0 bridgehead atoms. The van der Waals surface area contributed by atoms with Crippen molar-refractivity contribution in [2.75, 3.05) is 20.3 Å². The van der Waals surface area contributed by atoms with Crippen molar-refractivity contribution in [1.82, 2.24) is 0 Å². The molecule has 0 amide bonds. The highest BCUT2D eigenvalue weighted by Crippen LogP contribution is 2.32. The average Bonchev–Trinajstić information content (AvgIpc) is 3.13. The van der Waals surface area contributed by atoms with E-state index in [1.807, 2.05) is 0 Å². The van der Waals surface area contributed by atoms with Gasteiger partial charge in [0.2, 0.25) is 0 Å². The van der Waals surface area contributed by atoms with E-state index < -0.39 is 23.5 Å². The van der Waals surface area contributed by atoms with Gasteiger partial charge in [0, 0.05) is 6.61 Å². The summed E-state index contributed by atoms with van der Waals surface area (Å²) in [6.07, 6.45) is 3.58. The molecule has 1 aliphatic carbocycles. The van der Waals surface area contributed by atoms with Crippen LogP contribution in [0.25, 0.3) is 0 Å². The van der Waals surface area contributed by atoms with Gasteiger partial charge in [-0.05, 0) is 33.1 Å². The summed E-state index contributed by atoms with van der Waals surface area (Å²) in [5.41, 5.74) is -0.551. The minimum absolute atomic E-state index is 0.00658. The maximum atomic E-state index is 11.8. The first-order chi connectivity index (χ1) is 9.31. The topological polar surface area (TPSA) is 61.8 Å². The lowest BCUT2D eigenvalue weighted by atomic mass is 10.1. The summed E-state index contributed by atoms with van der Waals surface area (Å²) < 4.78 is 15.4. The fraction of sp³-hybridized carbons (Fsp3) is 0.867. The van der Waals surface area contributed by atoms with Crippen LogP contribution in [0.1, 0.15) is 46.5 Å². The second-order valence-corrected chi connectivity index (χ2v) is 6.32. The first-order valence-electron chi connectivity index (χ1n) is 7.19. The van der Waals surface area contributed by atoms with Gasteiger partial charge in [-0.3, -0.25) is 9.59 Å². The van der Waals surface area contributed by atoms with Crippen molar-refractivity contribution < 1.29 is 23.8 Å². The Morgan fingerprint density at radius 2 is 1.90 bits per heavy atom. The lowest BCUT2D eigenvalue weighted by Gasteiger charge is -2.21. The number of rotatable bonds is 8. The molecular formula is C15H26O5. The van der Waals surface area contributed by atoms with E-state index in [0.29, 0.717) is 6.61 Å². The third-order valence-electron chi connectivity index (χ3n) is 3.05. The van der Waals surface area contributed by atoms with E-state index in [1.165, 1.54) is 20.0 Å². The van der Waals surface area contributed by atoms with Crippen LogP contribution in [0.5, 0.6) is 0 Å². The average molecular weight is 286 g/mol. The van der Waals surface area contributed by atoms with Crippen LogP contribution in [0, 0.1) is 11.8 Å². The Morgan fingerprint density at radius 3 is 2.40 bits per heavy atom. The number of methoxy groups -OCH3 is 1. The highest BCUT2D eigenvalue weighted by atomic mass is 16.6. The lowest BCUT2D eigenvalue weighted by Crippen LogP contribution is -2.30. The second kappa shape index (κ2) is 7.62. The van der Waals surface area contributed by atoms with Crippen LogP contribution in [0.4, 0.5) is 0 Å². The minimum Gasteiger partial charge on any atom is -0.469 e. The first-order valence-corrected chi connectivity index (χ1v) is 7.19. The second-order valence-electron chi connectivity index (χ2n) is 6.32. The Kier molecular flexibility index (Phi) is 6.46. The minimum atomic E-state index is -0.589. The van der Waals surface area contributed by atoms with Gasteiger partial charge in [-0.1, -0.05) is 12.8 Å². The van der Waals surface area contributed by atoms with Crippen molar-refractivity contribution in [2.45, 2.75) is 52.1 Å². The van der Waals surface area contributed by atoms with Gasteiger partial charge in [-0.25, -0.2) is 0 Å². The van der Waals surface area contributed by atoms with E-state index in [9.17, 15) is 9.59 Å². The molecule has 5 heteroatoms. The molecule has 5 nitrogen and oxygen atoms in total. The zero-order valence-corrected chi connectivity index (χ0v) is 12.9. The Bertz CT molecular complexity index is 328. The molecule has 20 heavy (non-hydrogen) atoms. The summed E-state index contributed by atoms with van der Waals surface area (Å²) in [4.78, 5) is 23.4. The van der Waals surface area contributed by atoms with Crippen LogP contribution >= 0.6 is 0 Å². The smallest absolute Gasteiger partial charge is 0.311 e. The van der Waals surface area contributed by atoms with Crippen LogP contribution in [-0.4, -0.2) is 37.9 Å². The molecule has 0 spiro atoms. The molecule has 0 radical (unpaired) electrons. The Morgan fingerprint density at radius 1 is 1.25 bits per heavy atom. The van der Waals surface area contributed by atoms with E-state index in [2.05, 4.69) is 0 Å². The highest BCUT2D eigenvalue weighted by molar-refractivity contribution is 5.80. The van der Waals surface area contributed by atoms with E-state index in [4.69, 9.17) is 14.2 Å². The summed E-state index contributed by atoms with van der Waals surface area (Å²) in [5, 5.41) is 0. The van der Waals surface area contributed by atoms with Gasteiger partial charge in [0.1, 0.15) is 5.60 Å². The van der Waals surface area contributed by atoms with Crippen LogP contribution in [-0.2, 0) is 23.8 Å². The van der Waals surface area contributed by atoms with E-state index in [0.717, 1.165) is 12.3 Å². The number of hydrogen-bond acceptors (Lipinski definition) is 5. The molecule has 0 saturated heterocycles. The summed E-state index contributed by atoms with van der Waals surface area (Å²) in [6, 6.07) is 0. The van der Waals surface area contributed by atoms with Crippen molar-refractivity contribution in [3.05, 3.63) is 0 Å². The number of hydrogen-bond donors (Lipinski definition) is 0. The fourth-order valence-electron chi connectivity index (χ4n) is 1.84. The quantitative estimate of drug-likeness (QED) is 0.506. The predicted octanol–water partition coefficient (Wildman–Crippen LogP) is 2.32. The van der Waals surface area contributed by atoms with E-state index in [1.54, 1.807) is 20.8 Å². The van der Waals surface area contributed by atoms with Crippen molar-refractivity contribution in [2.24, 2.45) is 11.8 Å². The zero-order valence-electron chi connectivity index (χ0n) is 12.9. The summed E-state index contributed by atoms with van der Waals surface area (Å²) in [6.45, 7) is 6.23. The largest absolute Gasteiger partial charge is 0.469 e. The van der Waals surface area contributed by atoms with Gasteiger partial charge in [0.05, 0.1) is 26.1 Å². The van der Waals surface area contributed by atoms with Crippen molar-refractivity contribution in [1.29, 1.82) is 0 Å². The number of ether oxygens (including phenoxy) is 3. The summed E-state index contributed by atoms with van der Waals surface area (Å²) in [5.74, 6) is -0.632. The molecule has 0 heterocycles. The van der Waals surface area contributed by atoms with Crippen LogP contribution in [0.2, 0.25) is 0 Å². The maximum absolute atomic E-state index is 11.8. The molecule has 0 aromatic heterocycles. The van der Waals surface area contributed by atoms with Gasteiger partial charge in [0.15, 0.2) is 0 Å². The van der Waals surface area contributed by atoms with Gasteiger partial charge >= 0.3 is 11.9 Å². The summed E-state index contributed by atoms with van der Waals surface area (Å²) >= 11 is 0. The molecule has 1 fully saturated rings. The third kappa shape index (κ3) is 7.48. The Labute approximate surface area is 121 Å². The van der Waals surface area contributed by atoms with Crippen LogP contribution in [0.15, 0.2) is 0 Å². The lowest BCUT2D eigenvalue weighted by molar-refractivity contribution is -0.162. The van der Waals surface area contributed by atoms with Gasteiger partial charge < -0.3 is 14.2 Å².